The highest BCUT2D eigenvalue weighted by molar-refractivity contribution is 6.42. The fourth-order valence-corrected chi connectivity index (χ4v) is 3.53. The van der Waals surface area contributed by atoms with Gasteiger partial charge in [0, 0.05) is 24.9 Å². The molecule has 1 saturated heterocycles. The van der Waals surface area contributed by atoms with Crippen molar-refractivity contribution in [3.05, 3.63) is 69.2 Å². The van der Waals surface area contributed by atoms with Gasteiger partial charge in [-0.15, -0.1) is 0 Å². The Bertz CT molecular complexity index is 725. The van der Waals surface area contributed by atoms with E-state index in [9.17, 15) is 4.79 Å². The van der Waals surface area contributed by atoms with E-state index < -0.39 is 0 Å². The zero-order chi connectivity index (χ0) is 17.6. The van der Waals surface area contributed by atoms with Crippen LogP contribution in [0.5, 0.6) is 0 Å². The Morgan fingerprint density at radius 3 is 2.24 bits per heavy atom. The molecule has 2 aromatic carbocycles. The zero-order valence-electron chi connectivity index (χ0n) is 14.2. The molecule has 0 spiro atoms. The highest BCUT2D eigenvalue weighted by atomic mass is 35.5. The van der Waals surface area contributed by atoms with Gasteiger partial charge in [-0.25, -0.2) is 0 Å². The predicted molar refractivity (Wildman–Crippen MR) is 102 cm³/mol. The fourth-order valence-electron chi connectivity index (χ4n) is 3.21. The molecule has 1 aliphatic rings. The van der Waals surface area contributed by atoms with Crippen molar-refractivity contribution < 1.29 is 9.69 Å². The van der Waals surface area contributed by atoms with Crippen LogP contribution in [0.4, 0.5) is 0 Å². The molecule has 0 aromatic heterocycles. The number of nitrogens with one attached hydrogen (secondary N) is 2. The molecule has 1 fully saturated rings. The Balaban J connectivity index is 1.47. The number of benzene rings is 2. The fraction of sp³-hybridized carbons (Fsp3) is 0.350. The molecule has 0 aliphatic carbocycles. The standard InChI is InChI=1S/C20H22Cl2N2O/c21-18-8-7-17(11-19(18)22)12-20(25)23-13-15-3-5-16(6-4-15)14-24-9-1-2-10-24/h3-8,11H,1-2,9-10,12-14H2,(H,23,25)/p+1. The second-order valence-electron chi connectivity index (χ2n) is 6.65. The topological polar surface area (TPSA) is 33.5 Å². The first kappa shape index (κ1) is 18.2. The van der Waals surface area contributed by atoms with Gasteiger partial charge in [0.25, 0.3) is 0 Å². The van der Waals surface area contributed by atoms with Crippen LogP contribution in [0.2, 0.25) is 10.0 Å². The van der Waals surface area contributed by atoms with Gasteiger partial charge in [-0.1, -0.05) is 53.5 Å². The monoisotopic (exact) mass is 377 g/mol. The minimum Gasteiger partial charge on any atom is -0.352 e. The molecule has 0 saturated carbocycles. The third-order valence-electron chi connectivity index (χ3n) is 4.63. The molecule has 1 heterocycles. The average Bonchev–Trinajstić information content (AvgIpc) is 3.11. The molecule has 5 heteroatoms. The summed E-state index contributed by atoms with van der Waals surface area (Å²) in [6.45, 7) is 4.21. The Labute approximate surface area is 158 Å². The lowest BCUT2D eigenvalue weighted by Crippen LogP contribution is -3.08. The van der Waals surface area contributed by atoms with Crippen LogP contribution in [-0.2, 0) is 24.3 Å². The maximum atomic E-state index is 12.1. The first-order valence-electron chi connectivity index (χ1n) is 8.72. The molecule has 0 atom stereocenters. The van der Waals surface area contributed by atoms with E-state index in [0.717, 1.165) is 17.7 Å². The Hall–Kier alpha value is -1.55. The number of rotatable bonds is 6. The number of halogens is 2. The van der Waals surface area contributed by atoms with Crippen molar-refractivity contribution in [3.63, 3.8) is 0 Å². The van der Waals surface area contributed by atoms with E-state index in [-0.39, 0.29) is 5.91 Å². The zero-order valence-corrected chi connectivity index (χ0v) is 15.7. The largest absolute Gasteiger partial charge is 0.352 e. The number of amides is 1. The normalized spacial score (nSPS) is 14.6. The molecule has 0 bridgehead atoms. The summed E-state index contributed by atoms with van der Waals surface area (Å²) in [5.74, 6) is -0.0241. The lowest BCUT2D eigenvalue weighted by atomic mass is 10.1. The summed E-state index contributed by atoms with van der Waals surface area (Å²) in [6.07, 6.45) is 2.99. The van der Waals surface area contributed by atoms with Crippen molar-refractivity contribution in [2.24, 2.45) is 0 Å². The number of hydrogen-bond acceptors (Lipinski definition) is 1. The second kappa shape index (κ2) is 8.70. The van der Waals surface area contributed by atoms with Gasteiger partial charge < -0.3 is 10.2 Å². The lowest BCUT2D eigenvalue weighted by Gasteiger charge is -2.12. The van der Waals surface area contributed by atoms with Crippen LogP contribution in [0.3, 0.4) is 0 Å². The van der Waals surface area contributed by atoms with E-state index >= 15 is 0 Å². The van der Waals surface area contributed by atoms with Crippen LogP contribution < -0.4 is 10.2 Å². The molecular weight excluding hydrogens is 355 g/mol. The van der Waals surface area contributed by atoms with Crippen LogP contribution in [0.25, 0.3) is 0 Å². The molecule has 25 heavy (non-hydrogen) atoms. The van der Waals surface area contributed by atoms with E-state index in [1.165, 1.54) is 31.5 Å². The van der Waals surface area contributed by atoms with Gasteiger partial charge in [-0.2, -0.15) is 0 Å². The summed E-state index contributed by atoms with van der Waals surface area (Å²) < 4.78 is 0. The van der Waals surface area contributed by atoms with Gasteiger partial charge >= 0.3 is 0 Å². The first-order chi connectivity index (χ1) is 12.1. The van der Waals surface area contributed by atoms with Crippen LogP contribution in [0, 0.1) is 0 Å². The molecule has 2 aromatic rings. The maximum Gasteiger partial charge on any atom is 0.224 e. The summed E-state index contributed by atoms with van der Waals surface area (Å²) in [5.41, 5.74) is 3.33. The minimum atomic E-state index is -0.0241. The number of carbonyl (C=O) groups excluding carboxylic acids is 1. The summed E-state index contributed by atoms with van der Waals surface area (Å²) in [7, 11) is 0. The van der Waals surface area contributed by atoms with Gasteiger partial charge in [0.05, 0.1) is 29.6 Å². The lowest BCUT2D eigenvalue weighted by molar-refractivity contribution is -0.901. The summed E-state index contributed by atoms with van der Waals surface area (Å²) in [4.78, 5) is 13.8. The molecule has 3 rings (SSSR count). The van der Waals surface area contributed by atoms with Crippen molar-refractivity contribution in [3.8, 4) is 0 Å². The summed E-state index contributed by atoms with van der Waals surface area (Å²) in [5, 5.41) is 3.93. The smallest absolute Gasteiger partial charge is 0.224 e. The van der Waals surface area contributed by atoms with E-state index in [4.69, 9.17) is 23.2 Å². The molecule has 3 nitrogen and oxygen atoms in total. The van der Waals surface area contributed by atoms with Crippen molar-refractivity contribution in [2.75, 3.05) is 13.1 Å². The molecule has 132 valence electrons. The van der Waals surface area contributed by atoms with E-state index in [2.05, 4.69) is 29.6 Å². The van der Waals surface area contributed by atoms with Crippen LogP contribution in [-0.4, -0.2) is 19.0 Å². The molecule has 2 N–H and O–H groups in total. The third-order valence-corrected chi connectivity index (χ3v) is 5.37. The predicted octanol–water partition coefficient (Wildman–Crippen LogP) is 3.03. The molecular formula is C20H23Cl2N2O+. The maximum absolute atomic E-state index is 12.1. The Morgan fingerprint density at radius 1 is 0.920 bits per heavy atom. The third kappa shape index (κ3) is 5.46. The van der Waals surface area contributed by atoms with Crippen molar-refractivity contribution in [1.82, 2.24) is 5.32 Å². The molecule has 1 amide bonds. The number of carbonyl (C=O) groups is 1. The van der Waals surface area contributed by atoms with E-state index in [1.807, 2.05) is 6.07 Å². The van der Waals surface area contributed by atoms with Gasteiger partial charge in [-0.3, -0.25) is 4.79 Å². The Kier molecular flexibility index (Phi) is 6.35. The first-order valence-corrected chi connectivity index (χ1v) is 9.48. The van der Waals surface area contributed by atoms with Gasteiger partial charge in [0.1, 0.15) is 6.54 Å². The van der Waals surface area contributed by atoms with E-state index in [0.29, 0.717) is 23.0 Å². The van der Waals surface area contributed by atoms with Crippen LogP contribution in [0.15, 0.2) is 42.5 Å². The molecule has 1 aliphatic heterocycles. The van der Waals surface area contributed by atoms with E-state index in [1.54, 1.807) is 17.0 Å². The quantitative estimate of drug-likeness (QED) is 0.796. The SMILES string of the molecule is O=C(Cc1ccc(Cl)c(Cl)c1)NCc1ccc(C[NH+]2CCCC2)cc1. The number of hydrogen-bond donors (Lipinski definition) is 2. The van der Waals surface area contributed by atoms with Crippen molar-refractivity contribution in [1.29, 1.82) is 0 Å². The second-order valence-corrected chi connectivity index (χ2v) is 7.47. The van der Waals surface area contributed by atoms with Gasteiger partial charge in [0.2, 0.25) is 5.91 Å². The Morgan fingerprint density at radius 2 is 1.56 bits per heavy atom. The minimum absolute atomic E-state index is 0.0241. The number of likely N-dealkylation sites (tertiary alicyclic amines) is 1. The summed E-state index contributed by atoms with van der Waals surface area (Å²) in [6, 6.07) is 13.8. The van der Waals surface area contributed by atoms with Crippen LogP contribution >= 0.6 is 23.2 Å². The summed E-state index contributed by atoms with van der Waals surface area (Å²) >= 11 is 11.9. The van der Waals surface area contributed by atoms with Crippen molar-refractivity contribution >= 4 is 29.1 Å². The highest BCUT2D eigenvalue weighted by Crippen LogP contribution is 2.22. The van der Waals surface area contributed by atoms with Gasteiger partial charge in [0.15, 0.2) is 0 Å². The average molecular weight is 378 g/mol. The molecule has 0 radical (unpaired) electrons. The van der Waals surface area contributed by atoms with Crippen molar-refractivity contribution in [2.45, 2.75) is 32.4 Å². The van der Waals surface area contributed by atoms with Gasteiger partial charge in [-0.05, 0) is 23.3 Å². The molecule has 0 unspecified atom stereocenters. The number of quaternary nitrogens is 1. The highest BCUT2D eigenvalue weighted by Gasteiger charge is 2.15. The van der Waals surface area contributed by atoms with Crippen LogP contribution in [0.1, 0.15) is 29.5 Å².